The second-order valence-electron chi connectivity index (χ2n) is 6.65. The van der Waals surface area contributed by atoms with Crippen LogP contribution >= 0.6 is 0 Å². The molecular formula is C18H40BrNO3. The first-order chi connectivity index (χ1) is 10.6. The molecule has 0 saturated heterocycles. The van der Waals surface area contributed by atoms with Gasteiger partial charge in [0.25, 0.3) is 0 Å². The number of hydrogen-bond donors (Lipinski definition) is 4. The second kappa shape index (κ2) is 18.7. The van der Waals surface area contributed by atoms with Crippen molar-refractivity contribution in [3.8, 4) is 0 Å². The fourth-order valence-corrected chi connectivity index (χ4v) is 2.78. The third-order valence-electron chi connectivity index (χ3n) is 4.18. The molecule has 0 amide bonds. The Morgan fingerprint density at radius 1 is 0.609 bits per heavy atom. The van der Waals surface area contributed by atoms with Crippen LogP contribution in [0, 0.1) is 0 Å². The molecule has 5 N–H and O–H groups in total. The molecule has 0 fully saturated rings. The summed E-state index contributed by atoms with van der Waals surface area (Å²) >= 11 is 0. The summed E-state index contributed by atoms with van der Waals surface area (Å²) in [5, 5.41) is 27.9. The smallest absolute Gasteiger partial charge is 0.327 e. The molecule has 23 heavy (non-hydrogen) atoms. The minimum absolute atomic E-state index is 0. The fourth-order valence-electron chi connectivity index (χ4n) is 2.78. The third kappa shape index (κ3) is 24.7. The lowest BCUT2D eigenvalue weighted by Crippen LogP contribution is -3.00. The third-order valence-corrected chi connectivity index (χ3v) is 4.18. The zero-order valence-corrected chi connectivity index (χ0v) is 16.7. The highest BCUT2D eigenvalue weighted by Crippen LogP contribution is 2.12. The molecule has 142 valence electrons. The summed E-state index contributed by atoms with van der Waals surface area (Å²) < 4.78 is 0. The molecule has 0 aromatic rings. The van der Waals surface area contributed by atoms with Crippen molar-refractivity contribution < 1.29 is 37.6 Å². The van der Waals surface area contributed by atoms with Crippen molar-refractivity contribution in [2.75, 3.05) is 13.1 Å². The van der Waals surface area contributed by atoms with Crippen molar-refractivity contribution in [1.29, 1.82) is 0 Å². The highest BCUT2D eigenvalue weighted by atomic mass is 79.9. The van der Waals surface area contributed by atoms with Crippen molar-refractivity contribution in [2.24, 2.45) is 0 Å². The van der Waals surface area contributed by atoms with Crippen LogP contribution in [0.25, 0.3) is 0 Å². The molecule has 0 atom stereocenters. The minimum atomic E-state index is -2.52. The summed E-state index contributed by atoms with van der Waals surface area (Å²) in [5.74, 6) is -2.52. The van der Waals surface area contributed by atoms with Gasteiger partial charge in [0.1, 0.15) is 0 Å². The van der Waals surface area contributed by atoms with Gasteiger partial charge in [-0.2, -0.15) is 0 Å². The molecule has 0 saturated carbocycles. The first kappa shape index (κ1) is 25.6. The van der Waals surface area contributed by atoms with Crippen molar-refractivity contribution in [2.45, 2.75) is 103 Å². The number of rotatable bonds is 17. The zero-order chi connectivity index (χ0) is 16.5. The maximum Gasteiger partial charge on any atom is 0.327 e. The Morgan fingerprint density at radius 2 is 0.957 bits per heavy atom. The molecule has 0 aliphatic carbocycles. The SMILES string of the molecule is CCCCCCCCCCCCCCCC[NH2+]CC(O)(O)O.[Br-]. The molecule has 4 nitrogen and oxygen atoms in total. The van der Waals surface area contributed by atoms with Crippen LogP contribution < -0.4 is 22.3 Å². The molecule has 0 heterocycles. The normalized spacial score (nSPS) is 11.5. The molecule has 0 aliphatic heterocycles. The molecule has 0 rings (SSSR count). The Morgan fingerprint density at radius 3 is 1.30 bits per heavy atom. The van der Waals surface area contributed by atoms with Gasteiger partial charge < -0.3 is 37.6 Å². The van der Waals surface area contributed by atoms with Crippen LogP contribution in [0.1, 0.15) is 96.8 Å². The topological polar surface area (TPSA) is 77.3 Å². The van der Waals surface area contributed by atoms with Crippen molar-refractivity contribution in [1.82, 2.24) is 0 Å². The monoisotopic (exact) mass is 397 g/mol. The number of aliphatic hydroxyl groups is 3. The average molecular weight is 398 g/mol. The second-order valence-corrected chi connectivity index (χ2v) is 6.65. The van der Waals surface area contributed by atoms with Crippen LogP contribution in [0.4, 0.5) is 0 Å². The van der Waals surface area contributed by atoms with Crippen molar-refractivity contribution >= 4 is 0 Å². The average Bonchev–Trinajstić information content (AvgIpc) is 2.45. The van der Waals surface area contributed by atoms with E-state index in [2.05, 4.69) is 6.92 Å². The predicted molar refractivity (Wildman–Crippen MR) is 91.4 cm³/mol. The number of hydrogen-bond acceptors (Lipinski definition) is 3. The maximum absolute atomic E-state index is 8.71. The summed E-state index contributed by atoms with van der Waals surface area (Å²) in [6.07, 6.45) is 18.8. The number of halogens is 1. The standard InChI is InChI=1S/C18H39NO3.BrH/c1-2-3-4-5-6-7-8-9-10-11-12-13-14-15-16-19-17-18(20,21)22;/h19-22H,2-17H2,1H3;1H. The molecule has 0 unspecified atom stereocenters. The Kier molecular flexibility index (Phi) is 20.7. The van der Waals surface area contributed by atoms with Gasteiger partial charge in [0.2, 0.25) is 0 Å². The lowest BCUT2D eigenvalue weighted by atomic mass is 10.0. The Bertz CT molecular complexity index is 223. The summed E-state index contributed by atoms with van der Waals surface area (Å²) in [6.45, 7) is 3.05. The van der Waals surface area contributed by atoms with Gasteiger partial charge in [-0.25, -0.2) is 0 Å². The molecule has 0 aromatic heterocycles. The molecule has 0 aromatic carbocycles. The van der Waals surface area contributed by atoms with Crippen LogP contribution in [0.3, 0.4) is 0 Å². The lowest BCUT2D eigenvalue weighted by molar-refractivity contribution is -0.688. The van der Waals surface area contributed by atoms with Crippen molar-refractivity contribution in [3.63, 3.8) is 0 Å². The van der Waals surface area contributed by atoms with E-state index in [0.29, 0.717) is 0 Å². The van der Waals surface area contributed by atoms with Crippen LogP contribution in [0.15, 0.2) is 0 Å². The van der Waals surface area contributed by atoms with Gasteiger partial charge in [0.15, 0.2) is 6.54 Å². The summed E-state index contributed by atoms with van der Waals surface area (Å²) in [5.41, 5.74) is 0. The Hall–Kier alpha value is 0.320. The Balaban J connectivity index is 0. The highest BCUT2D eigenvalue weighted by molar-refractivity contribution is 4.49. The van der Waals surface area contributed by atoms with E-state index < -0.39 is 5.97 Å². The maximum atomic E-state index is 8.71. The lowest BCUT2D eigenvalue weighted by Gasteiger charge is -2.11. The molecular weight excluding hydrogens is 358 g/mol. The first-order valence-electron chi connectivity index (χ1n) is 9.55. The van der Waals surface area contributed by atoms with Crippen LogP contribution in [-0.2, 0) is 0 Å². The van der Waals surface area contributed by atoms with E-state index in [0.717, 1.165) is 13.0 Å². The van der Waals surface area contributed by atoms with Gasteiger partial charge in [-0.1, -0.05) is 84.0 Å². The summed E-state index contributed by atoms with van der Waals surface area (Å²) in [4.78, 5) is 0. The van der Waals surface area contributed by atoms with Crippen molar-refractivity contribution in [3.05, 3.63) is 0 Å². The van der Waals surface area contributed by atoms with E-state index >= 15 is 0 Å². The molecule has 0 aliphatic rings. The first-order valence-corrected chi connectivity index (χ1v) is 9.55. The van der Waals surface area contributed by atoms with E-state index in [4.69, 9.17) is 15.3 Å². The van der Waals surface area contributed by atoms with Gasteiger partial charge in [-0.15, -0.1) is 0 Å². The van der Waals surface area contributed by atoms with Gasteiger partial charge in [-0.3, -0.25) is 0 Å². The molecule has 0 radical (unpaired) electrons. The van der Waals surface area contributed by atoms with E-state index in [9.17, 15) is 0 Å². The van der Waals surface area contributed by atoms with Gasteiger partial charge in [0, 0.05) is 0 Å². The van der Waals surface area contributed by atoms with Gasteiger partial charge >= 0.3 is 5.97 Å². The van der Waals surface area contributed by atoms with Crippen LogP contribution in [0.2, 0.25) is 0 Å². The van der Waals surface area contributed by atoms with E-state index in [-0.39, 0.29) is 23.5 Å². The van der Waals surface area contributed by atoms with E-state index in [1.807, 2.05) is 0 Å². The molecule has 0 bridgehead atoms. The minimum Gasteiger partial charge on any atom is -1.00 e. The number of unbranched alkanes of at least 4 members (excludes halogenated alkanes) is 13. The fraction of sp³-hybridized carbons (Fsp3) is 1.00. The zero-order valence-electron chi connectivity index (χ0n) is 15.1. The molecule has 5 heteroatoms. The highest BCUT2D eigenvalue weighted by Gasteiger charge is 2.19. The van der Waals surface area contributed by atoms with Crippen LogP contribution in [0.5, 0.6) is 0 Å². The summed E-state index contributed by atoms with van der Waals surface area (Å²) in [6, 6.07) is 0. The van der Waals surface area contributed by atoms with Crippen LogP contribution in [-0.4, -0.2) is 34.4 Å². The summed E-state index contributed by atoms with van der Waals surface area (Å²) in [7, 11) is 0. The Labute approximate surface area is 153 Å². The van der Waals surface area contributed by atoms with Gasteiger partial charge in [-0.05, 0) is 12.8 Å². The van der Waals surface area contributed by atoms with E-state index in [1.165, 1.54) is 83.5 Å². The van der Waals surface area contributed by atoms with Gasteiger partial charge in [0.05, 0.1) is 6.54 Å². The molecule has 0 spiro atoms. The number of quaternary nitrogens is 1. The quantitative estimate of drug-likeness (QED) is 0.200. The largest absolute Gasteiger partial charge is 1.00 e. The predicted octanol–water partition coefficient (Wildman–Crippen LogP) is -0.334. The van der Waals surface area contributed by atoms with E-state index in [1.54, 1.807) is 5.32 Å². The number of nitrogens with two attached hydrogens (primary N) is 1.